The molecule has 0 saturated carbocycles. The van der Waals surface area contributed by atoms with Gasteiger partial charge in [-0.1, -0.05) is 37.0 Å². The van der Waals surface area contributed by atoms with E-state index in [1.54, 1.807) is 23.1 Å². The minimum atomic E-state index is -0.105. The lowest BCUT2D eigenvalue weighted by Crippen LogP contribution is -2.61. The van der Waals surface area contributed by atoms with Crippen molar-refractivity contribution in [1.29, 1.82) is 0 Å². The van der Waals surface area contributed by atoms with E-state index in [0.717, 1.165) is 26.2 Å². The van der Waals surface area contributed by atoms with Crippen LogP contribution in [0.25, 0.3) is 0 Å². The molecule has 0 spiro atoms. The number of benzene rings is 1. The van der Waals surface area contributed by atoms with Crippen molar-refractivity contribution < 1.29 is 4.79 Å². The van der Waals surface area contributed by atoms with Gasteiger partial charge >= 0.3 is 6.03 Å². The Kier molecular flexibility index (Phi) is 5.13. The van der Waals surface area contributed by atoms with Crippen LogP contribution in [0, 0.1) is 0 Å². The molecule has 1 aliphatic heterocycles. The Bertz CT molecular complexity index is 465. The minimum absolute atomic E-state index is 0.105. The second-order valence-electron chi connectivity index (χ2n) is 4.87. The van der Waals surface area contributed by atoms with E-state index >= 15 is 0 Å². The van der Waals surface area contributed by atoms with E-state index in [2.05, 4.69) is 24.1 Å². The third-order valence-corrected chi connectivity index (χ3v) is 4.03. The van der Waals surface area contributed by atoms with Gasteiger partial charge in [0, 0.05) is 34.9 Å². The van der Waals surface area contributed by atoms with Gasteiger partial charge in [-0.05, 0) is 31.3 Å². The number of nitrogens with zero attached hydrogens (tertiary/aromatic N) is 2. The lowest BCUT2D eigenvalue weighted by atomic mass is 10.1. The van der Waals surface area contributed by atoms with E-state index in [1.165, 1.54) is 0 Å². The molecule has 1 aromatic rings. The number of anilines is 1. The number of likely N-dealkylation sites (N-methyl/N-ethyl adjacent to an activating group) is 1. The molecule has 1 heterocycles. The number of hydrogen-bond donors (Lipinski definition) is 1. The summed E-state index contributed by atoms with van der Waals surface area (Å²) in [5.74, 6) is 0. The fourth-order valence-electron chi connectivity index (χ4n) is 2.42. The van der Waals surface area contributed by atoms with Crippen molar-refractivity contribution in [2.24, 2.45) is 0 Å². The van der Waals surface area contributed by atoms with Crippen LogP contribution in [0.2, 0.25) is 10.0 Å². The zero-order chi connectivity index (χ0) is 14.7. The Morgan fingerprint density at radius 1 is 1.25 bits per heavy atom. The van der Waals surface area contributed by atoms with Crippen molar-refractivity contribution in [1.82, 2.24) is 9.80 Å². The van der Waals surface area contributed by atoms with Crippen LogP contribution in [0.4, 0.5) is 10.5 Å². The maximum atomic E-state index is 12.1. The largest absolute Gasteiger partial charge is 0.321 e. The second-order valence-corrected chi connectivity index (χ2v) is 5.74. The topological polar surface area (TPSA) is 35.6 Å². The average molecular weight is 316 g/mol. The minimum Gasteiger partial charge on any atom is -0.321 e. The van der Waals surface area contributed by atoms with Crippen LogP contribution in [0.5, 0.6) is 0 Å². The van der Waals surface area contributed by atoms with Crippen molar-refractivity contribution in [3.63, 3.8) is 0 Å². The molecular weight excluding hydrogens is 297 g/mol. The van der Waals surface area contributed by atoms with Crippen LogP contribution >= 0.6 is 23.2 Å². The van der Waals surface area contributed by atoms with Gasteiger partial charge < -0.3 is 10.2 Å². The number of amides is 2. The van der Waals surface area contributed by atoms with Gasteiger partial charge in [0.15, 0.2) is 0 Å². The first-order valence-electron chi connectivity index (χ1n) is 6.79. The van der Waals surface area contributed by atoms with E-state index in [1.807, 2.05) is 0 Å². The van der Waals surface area contributed by atoms with Crippen molar-refractivity contribution in [3.8, 4) is 0 Å². The normalized spacial score (nSPS) is 15.3. The maximum Gasteiger partial charge on any atom is 0.321 e. The first-order valence-corrected chi connectivity index (χ1v) is 7.55. The molecule has 20 heavy (non-hydrogen) atoms. The molecule has 4 nitrogen and oxygen atoms in total. The first-order chi connectivity index (χ1) is 9.53. The lowest BCUT2D eigenvalue weighted by Gasteiger charge is -2.44. The zero-order valence-corrected chi connectivity index (χ0v) is 13.2. The van der Waals surface area contributed by atoms with Gasteiger partial charge in [0.25, 0.3) is 0 Å². The van der Waals surface area contributed by atoms with E-state index in [0.29, 0.717) is 21.8 Å². The van der Waals surface area contributed by atoms with Crippen LogP contribution in [-0.4, -0.2) is 48.1 Å². The highest BCUT2D eigenvalue weighted by Crippen LogP contribution is 2.23. The first kappa shape index (κ1) is 15.4. The van der Waals surface area contributed by atoms with Crippen molar-refractivity contribution >= 4 is 34.9 Å². The molecule has 0 atom stereocenters. The highest BCUT2D eigenvalue weighted by molar-refractivity contribution is 6.35. The molecule has 0 aromatic heterocycles. The molecule has 6 heteroatoms. The Hall–Kier alpha value is -0.970. The number of carbonyl (C=O) groups excluding carboxylic acids is 1. The SMILES string of the molecule is CCN(CC)C1CN(C(=O)Nc2cc(Cl)cc(Cl)c2)C1. The molecule has 1 saturated heterocycles. The van der Waals surface area contributed by atoms with Crippen LogP contribution in [0.1, 0.15) is 13.8 Å². The summed E-state index contributed by atoms with van der Waals surface area (Å²) in [4.78, 5) is 16.2. The quantitative estimate of drug-likeness (QED) is 0.922. The fourth-order valence-corrected chi connectivity index (χ4v) is 2.95. The predicted octanol–water partition coefficient (Wildman–Crippen LogP) is 3.55. The molecule has 0 aliphatic carbocycles. The van der Waals surface area contributed by atoms with Gasteiger partial charge in [0.2, 0.25) is 0 Å². The third-order valence-electron chi connectivity index (χ3n) is 3.59. The summed E-state index contributed by atoms with van der Waals surface area (Å²) >= 11 is 11.8. The Labute approximate surface area is 129 Å². The van der Waals surface area contributed by atoms with Crippen molar-refractivity contribution in [2.75, 3.05) is 31.5 Å². The fraction of sp³-hybridized carbons (Fsp3) is 0.500. The Balaban J connectivity index is 1.88. The van der Waals surface area contributed by atoms with E-state index in [9.17, 15) is 4.79 Å². The molecule has 1 aliphatic rings. The summed E-state index contributed by atoms with van der Waals surface area (Å²) in [5.41, 5.74) is 0.624. The summed E-state index contributed by atoms with van der Waals surface area (Å²) in [5, 5.41) is 3.84. The highest BCUT2D eigenvalue weighted by Gasteiger charge is 2.33. The monoisotopic (exact) mass is 315 g/mol. The Morgan fingerprint density at radius 3 is 2.30 bits per heavy atom. The smallest absolute Gasteiger partial charge is 0.321 e. The molecule has 2 amide bonds. The summed E-state index contributed by atoms with van der Waals surface area (Å²) < 4.78 is 0. The van der Waals surface area contributed by atoms with Crippen LogP contribution in [0.15, 0.2) is 18.2 Å². The average Bonchev–Trinajstić information content (AvgIpc) is 2.31. The number of carbonyl (C=O) groups is 1. The van der Waals surface area contributed by atoms with E-state index < -0.39 is 0 Å². The zero-order valence-electron chi connectivity index (χ0n) is 11.7. The predicted molar refractivity (Wildman–Crippen MR) is 83.8 cm³/mol. The van der Waals surface area contributed by atoms with Gasteiger partial charge in [-0.3, -0.25) is 4.90 Å². The number of hydrogen-bond acceptors (Lipinski definition) is 2. The number of rotatable bonds is 4. The van der Waals surface area contributed by atoms with Crippen LogP contribution in [0.3, 0.4) is 0 Å². The molecule has 0 unspecified atom stereocenters. The number of halogens is 2. The highest BCUT2D eigenvalue weighted by atomic mass is 35.5. The van der Waals surface area contributed by atoms with Gasteiger partial charge in [-0.25, -0.2) is 4.79 Å². The van der Waals surface area contributed by atoms with Crippen molar-refractivity contribution in [3.05, 3.63) is 28.2 Å². The van der Waals surface area contributed by atoms with Gasteiger partial charge in [0.1, 0.15) is 0 Å². The van der Waals surface area contributed by atoms with Gasteiger partial charge in [0.05, 0.1) is 0 Å². The summed E-state index contributed by atoms with van der Waals surface area (Å²) in [6.07, 6.45) is 0. The number of likely N-dealkylation sites (tertiary alicyclic amines) is 1. The summed E-state index contributed by atoms with van der Waals surface area (Å²) in [7, 11) is 0. The molecule has 1 N–H and O–H groups in total. The van der Waals surface area contributed by atoms with E-state index in [4.69, 9.17) is 23.2 Å². The van der Waals surface area contributed by atoms with E-state index in [-0.39, 0.29) is 6.03 Å². The van der Waals surface area contributed by atoms with Gasteiger partial charge in [-0.2, -0.15) is 0 Å². The summed E-state index contributed by atoms with van der Waals surface area (Å²) in [6.45, 7) is 7.84. The molecule has 1 aromatic carbocycles. The standard InChI is InChI=1S/C14H19Cl2N3O/c1-3-18(4-2)13-8-19(9-13)14(20)17-12-6-10(15)5-11(16)7-12/h5-7,13H,3-4,8-9H2,1-2H3,(H,17,20). The van der Waals surface area contributed by atoms with Crippen LogP contribution < -0.4 is 5.32 Å². The molecule has 1 fully saturated rings. The number of nitrogens with one attached hydrogen (secondary N) is 1. The molecule has 0 bridgehead atoms. The third kappa shape index (κ3) is 3.57. The van der Waals surface area contributed by atoms with Crippen molar-refractivity contribution in [2.45, 2.75) is 19.9 Å². The lowest BCUT2D eigenvalue weighted by molar-refractivity contribution is 0.0685. The Morgan fingerprint density at radius 2 is 1.80 bits per heavy atom. The number of urea groups is 1. The second kappa shape index (κ2) is 6.66. The molecule has 2 rings (SSSR count). The molecular formula is C14H19Cl2N3O. The summed E-state index contributed by atoms with van der Waals surface area (Å²) in [6, 6.07) is 5.38. The van der Waals surface area contributed by atoms with Crippen LogP contribution in [-0.2, 0) is 0 Å². The molecule has 0 radical (unpaired) electrons. The van der Waals surface area contributed by atoms with Gasteiger partial charge in [-0.15, -0.1) is 0 Å². The molecule has 110 valence electrons. The maximum absolute atomic E-state index is 12.1.